The van der Waals surface area contributed by atoms with Crippen LogP contribution in [0, 0.1) is 0 Å². The lowest BCUT2D eigenvalue weighted by Crippen LogP contribution is -2.15. The highest BCUT2D eigenvalue weighted by molar-refractivity contribution is 5.84. The molecule has 0 saturated carbocycles. The molecule has 0 aliphatic rings. The van der Waals surface area contributed by atoms with Crippen molar-refractivity contribution in [3.05, 3.63) is 0 Å². The van der Waals surface area contributed by atoms with E-state index in [2.05, 4.69) is 4.74 Å². The Kier molecular flexibility index (Phi) is 5.37. The second-order valence-corrected chi connectivity index (χ2v) is 2.05. The molecule has 0 atom stereocenters. The van der Waals surface area contributed by atoms with Gasteiger partial charge in [-0.1, -0.05) is 0 Å². The zero-order valence-corrected chi connectivity index (χ0v) is 6.63. The standard InChI is InChI=1S/C7H13NO3/c1-2-11-7(10)4-3-6(9)5-8/h2-5,8H2,1H3. The predicted molar refractivity (Wildman–Crippen MR) is 39.9 cm³/mol. The summed E-state index contributed by atoms with van der Waals surface area (Å²) < 4.78 is 4.60. The molecule has 0 bridgehead atoms. The van der Waals surface area contributed by atoms with E-state index in [0.717, 1.165) is 0 Å². The number of carbonyl (C=O) groups is 2. The van der Waals surface area contributed by atoms with Gasteiger partial charge < -0.3 is 10.5 Å². The summed E-state index contributed by atoms with van der Waals surface area (Å²) in [5.74, 6) is -0.452. The Balaban J connectivity index is 3.38. The van der Waals surface area contributed by atoms with Gasteiger partial charge in [0.1, 0.15) is 5.78 Å². The number of ether oxygens (including phenoxy) is 1. The van der Waals surface area contributed by atoms with Gasteiger partial charge in [0, 0.05) is 6.42 Å². The van der Waals surface area contributed by atoms with Gasteiger partial charge in [-0.3, -0.25) is 9.59 Å². The first-order chi connectivity index (χ1) is 5.20. The SMILES string of the molecule is CCOC(=O)CCC(=O)CN. The molecule has 0 spiro atoms. The fourth-order valence-electron chi connectivity index (χ4n) is 0.577. The lowest BCUT2D eigenvalue weighted by atomic mass is 10.2. The molecule has 0 aromatic heterocycles. The molecule has 0 aromatic rings. The minimum Gasteiger partial charge on any atom is -0.466 e. The monoisotopic (exact) mass is 159 g/mol. The second-order valence-electron chi connectivity index (χ2n) is 2.05. The lowest BCUT2D eigenvalue weighted by molar-refractivity contribution is -0.144. The van der Waals surface area contributed by atoms with Gasteiger partial charge >= 0.3 is 5.97 Å². The second kappa shape index (κ2) is 5.85. The van der Waals surface area contributed by atoms with E-state index in [4.69, 9.17) is 5.73 Å². The number of nitrogens with two attached hydrogens (primary N) is 1. The molecule has 0 aliphatic heterocycles. The van der Waals surface area contributed by atoms with E-state index in [0.29, 0.717) is 6.61 Å². The quantitative estimate of drug-likeness (QED) is 0.567. The highest BCUT2D eigenvalue weighted by Crippen LogP contribution is 1.92. The van der Waals surface area contributed by atoms with Crippen molar-refractivity contribution in [1.82, 2.24) is 0 Å². The van der Waals surface area contributed by atoms with E-state index >= 15 is 0 Å². The number of esters is 1. The van der Waals surface area contributed by atoms with Gasteiger partial charge in [-0.25, -0.2) is 0 Å². The van der Waals surface area contributed by atoms with Crippen LogP contribution in [0.2, 0.25) is 0 Å². The van der Waals surface area contributed by atoms with E-state index < -0.39 is 0 Å². The average Bonchev–Trinajstić information content (AvgIpc) is 2.01. The maximum Gasteiger partial charge on any atom is 0.306 e. The van der Waals surface area contributed by atoms with Crippen LogP contribution in [0.15, 0.2) is 0 Å². The third-order valence-corrected chi connectivity index (χ3v) is 1.14. The van der Waals surface area contributed by atoms with Crippen molar-refractivity contribution in [2.75, 3.05) is 13.2 Å². The zero-order valence-electron chi connectivity index (χ0n) is 6.63. The Bertz CT molecular complexity index is 145. The van der Waals surface area contributed by atoms with Gasteiger partial charge in [0.05, 0.1) is 19.6 Å². The summed E-state index contributed by atoms with van der Waals surface area (Å²) in [4.78, 5) is 21.2. The van der Waals surface area contributed by atoms with Crippen molar-refractivity contribution in [3.63, 3.8) is 0 Å². The van der Waals surface area contributed by atoms with Crippen molar-refractivity contribution in [3.8, 4) is 0 Å². The molecule has 0 amide bonds. The molecular formula is C7H13NO3. The number of carbonyl (C=O) groups excluding carboxylic acids is 2. The number of hydrogen-bond donors (Lipinski definition) is 1. The van der Waals surface area contributed by atoms with Crippen LogP contribution in [-0.4, -0.2) is 24.9 Å². The van der Waals surface area contributed by atoms with E-state index in [9.17, 15) is 9.59 Å². The van der Waals surface area contributed by atoms with Gasteiger partial charge in [0.25, 0.3) is 0 Å². The molecule has 64 valence electrons. The third-order valence-electron chi connectivity index (χ3n) is 1.14. The minimum atomic E-state index is -0.339. The summed E-state index contributed by atoms with van der Waals surface area (Å²) in [5, 5.41) is 0. The first kappa shape index (κ1) is 10.1. The summed E-state index contributed by atoms with van der Waals surface area (Å²) in [6.07, 6.45) is 0.333. The highest BCUT2D eigenvalue weighted by atomic mass is 16.5. The molecule has 0 heterocycles. The van der Waals surface area contributed by atoms with Crippen LogP contribution >= 0.6 is 0 Å². The molecule has 0 saturated heterocycles. The van der Waals surface area contributed by atoms with Crippen LogP contribution in [0.4, 0.5) is 0 Å². The number of hydrogen-bond acceptors (Lipinski definition) is 4. The van der Waals surface area contributed by atoms with Crippen molar-refractivity contribution < 1.29 is 14.3 Å². The van der Waals surface area contributed by atoms with Crippen molar-refractivity contribution >= 4 is 11.8 Å². The van der Waals surface area contributed by atoms with Crippen LogP contribution in [0.25, 0.3) is 0 Å². The average molecular weight is 159 g/mol. The molecule has 0 radical (unpaired) electrons. The first-order valence-electron chi connectivity index (χ1n) is 3.58. The first-order valence-corrected chi connectivity index (χ1v) is 3.58. The Morgan fingerprint density at radius 3 is 2.45 bits per heavy atom. The highest BCUT2D eigenvalue weighted by Gasteiger charge is 2.04. The van der Waals surface area contributed by atoms with Crippen LogP contribution in [-0.2, 0) is 14.3 Å². The number of ketones is 1. The van der Waals surface area contributed by atoms with Crippen molar-refractivity contribution in [2.45, 2.75) is 19.8 Å². The van der Waals surface area contributed by atoms with E-state index in [-0.39, 0.29) is 31.1 Å². The van der Waals surface area contributed by atoms with Crippen molar-refractivity contribution in [2.24, 2.45) is 5.73 Å². The van der Waals surface area contributed by atoms with Crippen LogP contribution in [0.1, 0.15) is 19.8 Å². The Morgan fingerprint density at radius 1 is 1.36 bits per heavy atom. The molecule has 0 fully saturated rings. The molecule has 0 aliphatic carbocycles. The predicted octanol–water partition coefficient (Wildman–Crippen LogP) is -0.142. The maximum absolute atomic E-state index is 10.6. The molecule has 4 nitrogen and oxygen atoms in total. The summed E-state index contributed by atoms with van der Waals surface area (Å²) in [7, 11) is 0. The third kappa shape index (κ3) is 5.54. The van der Waals surface area contributed by atoms with E-state index in [1.165, 1.54) is 0 Å². The summed E-state index contributed by atoms with van der Waals surface area (Å²) in [6, 6.07) is 0. The van der Waals surface area contributed by atoms with Crippen LogP contribution < -0.4 is 5.73 Å². The lowest BCUT2D eigenvalue weighted by Gasteiger charge is -1.99. The molecule has 0 aromatic carbocycles. The van der Waals surface area contributed by atoms with Gasteiger partial charge in [0.2, 0.25) is 0 Å². The molecule has 11 heavy (non-hydrogen) atoms. The Morgan fingerprint density at radius 2 is 2.00 bits per heavy atom. The molecule has 0 unspecified atom stereocenters. The molecule has 0 rings (SSSR count). The fraction of sp³-hybridized carbons (Fsp3) is 0.714. The Hall–Kier alpha value is -0.900. The van der Waals surface area contributed by atoms with Crippen LogP contribution in [0.5, 0.6) is 0 Å². The van der Waals surface area contributed by atoms with Crippen LogP contribution in [0.3, 0.4) is 0 Å². The summed E-state index contributed by atoms with van der Waals surface area (Å²) in [5.41, 5.74) is 5.03. The zero-order chi connectivity index (χ0) is 8.69. The number of rotatable bonds is 5. The minimum absolute atomic E-state index is 0.000590. The summed E-state index contributed by atoms with van der Waals surface area (Å²) in [6.45, 7) is 2.08. The molecule has 4 heteroatoms. The fourth-order valence-corrected chi connectivity index (χ4v) is 0.577. The maximum atomic E-state index is 10.6. The molecular weight excluding hydrogens is 146 g/mol. The molecule has 2 N–H and O–H groups in total. The largest absolute Gasteiger partial charge is 0.466 e. The van der Waals surface area contributed by atoms with E-state index in [1.54, 1.807) is 6.92 Å². The van der Waals surface area contributed by atoms with Gasteiger partial charge in [0.15, 0.2) is 0 Å². The van der Waals surface area contributed by atoms with Gasteiger partial charge in [-0.15, -0.1) is 0 Å². The summed E-state index contributed by atoms with van der Waals surface area (Å²) >= 11 is 0. The normalized spacial score (nSPS) is 9.27. The number of Topliss-reactive ketones (excluding diaryl/α,β-unsaturated/α-hetero) is 1. The Labute approximate surface area is 65.7 Å². The smallest absolute Gasteiger partial charge is 0.306 e. The topological polar surface area (TPSA) is 69.4 Å². The van der Waals surface area contributed by atoms with Crippen molar-refractivity contribution in [1.29, 1.82) is 0 Å². The van der Waals surface area contributed by atoms with Gasteiger partial charge in [-0.05, 0) is 6.92 Å². The van der Waals surface area contributed by atoms with Gasteiger partial charge in [-0.2, -0.15) is 0 Å². The van der Waals surface area contributed by atoms with E-state index in [1.807, 2.05) is 0 Å².